The Kier molecular flexibility index (Phi) is 6.57. The number of nitrogens with one attached hydrogen (secondary N) is 1. The standard InChI is InChI=1S/C14H32N2/c1-7-14(8-2,9-3)16-11-10-12(15)13(4,5)6/h12,16H,7-11,15H2,1-6H3. The van der Waals surface area contributed by atoms with E-state index in [1.807, 2.05) is 0 Å². The van der Waals surface area contributed by atoms with Crippen molar-refractivity contribution in [1.29, 1.82) is 0 Å². The monoisotopic (exact) mass is 228 g/mol. The van der Waals surface area contributed by atoms with Crippen LogP contribution in [0.3, 0.4) is 0 Å². The van der Waals surface area contributed by atoms with Gasteiger partial charge in [0.2, 0.25) is 0 Å². The van der Waals surface area contributed by atoms with Gasteiger partial charge < -0.3 is 11.1 Å². The molecule has 0 saturated heterocycles. The van der Waals surface area contributed by atoms with Gasteiger partial charge in [0, 0.05) is 11.6 Å². The zero-order valence-corrected chi connectivity index (χ0v) is 12.2. The largest absolute Gasteiger partial charge is 0.327 e. The van der Waals surface area contributed by atoms with E-state index >= 15 is 0 Å². The normalized spacial score (nSPS) is 15.2. The molecule has 0 spiro atoms. The first-order chi connectivity index (χ1) is 7.31. The molecule has 0 aliphatic carbocycles. The van der Waals surface area contributed by atoms with Crippen LogP contribution in [-0.2, 0) is 0 Å². The minimum absolute atomic E-state index is 0.217. The molecule has 0 aliphatic heterocycles. The molecule has 0 aliphatic rings. The van der Waals surface area contributed by atoms with Crippen LogP contribution >= 0.6 is 0 Å². The molecule has 1 atom stereocenters. The number of hydrogen-bond acceptors (Lipinski definition) is 2. The van der Waals surface area contributed by atoms with Crippen LogP contribution in [0.5, 0.6) is 0 Å². The van der Waals surface area contributed by atoms with Gasteiger partial charge in [-0.05, 0) is 37.6 Å². The van der Waals surface area contributed by atoms with E-state index < -0.39 is 0 Å². The van der Waals surface area contributed by atoms with Crippen molar-refractivity contribution in [2.45, 2.75) is 78.8 Å². The van der Waals surface area contributed by atoms with Crippen molar-refractivity contribution < 1.29 is 0 Å². The van der Waals surface area contributed by atoms with Gasteiger partial charge in [-0.15, -0.1) is 0 Å². The highest BCUT2D eigenvalue weighted by molar-refractivity contribution is 4.85. The van der Waals surface area contributed by atoms with Crippen molar-refractivity contribution in [2.75, 3.05) is 6.54 Å². The Morgan fingerprint density at radius 2 is 1.44 bits per heavy atom. The lowest BCUT2D eigenvalue weighted by atomic mass is 9.84. The van der Waals surface area contributed by atoms with Crippen molar-refractivity contribution in [3.8, 4) is 0 Å². The lowest BCUT2D eigenvalue weighted by Gasteiger charge is -2.34. The smallest absolute Gasteiger partial charge is 0.0173 e. The van der Waals surface area contributed by atoms with E-state index in [9.17, 15) is 0 Å². The highest BCUT2D eigenvalue weighted by Gasteiger charge is 2.24. The van der Waals surface area contributed by atoms with Gasteiger partial charge in [0.1, 0.15) is 0 Å². The lowest BCUT2D eigenvalue weighted by molar-refractivity contribution is 0.258. The molecule has 0 aromatic heterocycles. The van der Waals surface area contributed by atoms with Crippen LogP contribution in [0, 0.1) is 5.41 Å². The first-order valence-corrected chi connectivity index (χ1v) is 6.82. The Bertz CT molecular complexity index is 169. The summed E-state index contributed by atoms with van der Waals surface area (Å²) in [4.78, 5) is 0. The summed E-state index contributed by atoms with van der Waals surface area (Å²) >= 11 is 0. The second-order valence-corrected chi connectivity index (χ2v) is 6.03. The molecule has 0 amide bonds. The van der Waals surface area contributed by atoms with Gasteiger partial charge >= 0.3 is 0 Å². The summed E-state index contributed by atoms with van der Waals surface area (Å²) in [5, 5.41) is 3.71. The summed E-state index contributed by atoms with van der Waals surface area (Å²) in [7, 11) is 0. The summed E-state index contributed by atoms with van der Waals surface area (Å²) in [5.41, 5.74) is 6.71. The summed E-state index contributed by atoms with van der Waals surface area (Å²) in [6.07, 6.45) is 4.66. The molecular weight excluding hydrogens is 196 g/mol. The van der Waals surface area contributed by atoms with E-state index in [4.69, 9.17) is 5.73 Å². The molecule has 3 N–H and O–H groups in total. The van der Waals surface area contributed by atoms with Crippen LogP contribution < -0.4 is 11.1 Å². The molecule has 16 heavy (non-hydrogen) atoms. The predicted octanol–water partition coefficient (Wildman–Crippen LogP) is 3.31. The summed E-state index contributed by atoms with van der Waals surface area (Å²) in [5.74, 6) is 0. The SMILES string of the molecule is CCC(CC)(CC)NCCC(N)C(C)(C)C. The fourth-order valence-electron chi connectivity index (χ4n) is 2.05. The van der Waals surface area contributed by atoms with Crippen molar-refractivity contribution in [1.82, 2.24) is 5.32 Å². The lowest BCUT2D eigenvalue weighted by Crippen LogP contribution is -2.46. The van der Waals surface area contributed by atoms with Crippen molar-refractivity contribution >= 4 is 0 Å². The average molecular weight is 228 g/mol. The van der Waals surface area contributed by atoms with Crippen LogP contribution in [-0.4, -0.2) is 18.1 Å². The van der Waals surface area contributed by atoms with Gasteiger partial charge in [0.15, 0.2) is 0 Å². The molecule has 0 fully saturated rings. The van der Waals surface area contributed by atoms with Crippen LogP contribution in [0.2, 0.25) is 0 Å². The third-order valence-electron chi connectivity index (χ3n) is 4.10. The highest BCUT2D eigenvalue weighted by atomic mass is 15.0. The second kappa shape index (κ2) is 6.61. The van der Waals surface area contributed by atoms with Crippen LogP contribution in [0.1, 0.15) is 67.2 Å². The Labute approximate surface area is 102 Å². The number of rotatable bonds is 7. The number of hydrogen-bond donors (Lipinski definition) is 2. The quantitative estimate of drug-likeness (QED) is 0.701. The van der Waals surface area contributed by atoms with Gasteiger partial charge in [-0.2, -0.15) is 0 Å². The fourth-order valence-corrected chi connectivity index (χ4v) is 2.05. The molecular formula is C14H32N2. The molecule has 0 saturated carbocycles. The molecule has 2 heteroatoms. The molecule has 0 heterocycles. The molecule has 0 aromatic carbocycles. The molecule has 0 aromatic rings. The van der Waals surface area contributed by atoms with E-state index in [1.54, 1.807) is 0 Å². The zero-order valence-electron chi connectivity index (χ0n) is 12.2. The van der Waals surface area contributed by atoms with E-state index in [2.05, 4.69) is 46.9 Å². The van der Waals surface area contributed by atoms with E-state index in [0.29, 0.717) is 5.54 Å². The van der Waals surface area contributed by atoms with E-state index in [0.717, 1.165) is 13.0 Å². The fraction of sp³-hybridized carbons (Fsp3) is 1.00. The second-order valence-electron chi connectivity index (χ2n) is 6.03. The third-order valence-corrected chi connectivity index (χ3v) is 4.10. The third kappa shape index (κ3) is 4.84. The molecule has 1 unspecified atom stereocenters. The Morgan fingerprint density at radius 3 is 1.75 bits per heavy atom. The van der Waals surface area contributed by atoms with Crippen LogP contribution in [0.15, 0.2) is 0 Å². The van der Waals surface area contributed by atoms with Crippen LogP contribution in [0.4, 0.5) is 0 Å². The van der Waals surface area contributed by atoms with E-state index in [1.165, 1.54) is 19.3 Å². The Morgan fingerprint density at radius 1 is 1.00 bits per heavy atom. The van der Waals surface area contributed by atoms with Gasteiger partial charge in [0.05, 0.1) is 0 Å². The van der Waals surface area contributed by atoms with Crippen LogP contribution in [0.25, 0.3) is 0 Å². The van der Waals surface area contributed by atoms with E-state index in [-0.39, 0.29) is 11.5 Å². The summed E-state index contributed by atoms with van der Waals surface area (Å²) in [6, 6.07) is 0.281. The van der Waals surface area contributed by atoms with Gasteiger partial charge in [0.25, 0.3) is 0 Å². The Hall–Kier alpha value is -0.0800. The zero-order chi connectivity index (χ0) is 12.8. The molecule has 2 nitrogen and oxygen atoms in total. The topological polar surface area (TPSA) is 38.0 Å². The maximum Gasteiger partial charge on any atom is 0.0173 e. The first-order valence-electron chi connectivity index (χ1n) is 6.82. The van der Waals surface area contributed by atoms with Crippen molar-refractivity contribution in [3.05, 3.63) is 0 Å². The summed E-state index contributed by atoms with van der Waals surface area (Å²) in [6.45, 7) is 14.5. The Balaban J connectivity index is 4.05. The van der Waals surface area contributed by atoms with Crippen molar-refractivity contribution in [2.24, 2.45) is 11.1 Å². The molecule has 0 rings (SSSR count). The summed E-state index contributed by atoms with van der Waals surface area (Å²) < 4.78 is 0. The van der Waals surface area contributed by atoms with Gasteiger partial charge in [-0.1, -0.05) is 41.5 Å². The van der Waals surface area contributed by atoms with Gasteiger partial charge in [-0.3, -0.25) is 0 Å². The maximum absolute atomic E-state index is 6.16. The number of nitrogens with two attached hydrogens (primary N) is 1. The highest BCUT2D eigenvalue weighted by Crippen LogP contribution is 2.21. The molecule has 0 bridgehead atoms. The minimum atomic E-state index is 0.217. The van der Waals surface area contributed by atoms with Crippen molar-refractivity contribution in [3.63, 3.8) is 0 Å². The molecule has 98 valence electrons. The minimum Gasteiger partial charge on any atom is -0.327 e. The van der Waals surface area contributed by atoms with Gasteiger partial charge in [-0.25, -0.2) is 0 Å². The predicted molar refractivity (Wildman–Crippen MR) is 73.7 cm³/mol. The average Bonchev–Trinajstić information content (AvgIpc) is 2.23. The molecule has 0 radical (unpaired) electrons. The first kappa shape index (κ1) is 15.9. The maximum atomic E-state index is 6.16.